The Morgan fingerprint density at radius 3 is 2.54 bits per heavy atom. The van der Waals surface area contributed by atoms with E-state index in [1.54, 1.807) is 17.0 Å². The lowest BCUT2D eigenvalue weighted by atomic mass is 10.0. The third kappa shape index (κ3) is 4.77. The van der Waals surface area contributed by atoms with E-state index in [0.29, 0.717) is 60.5 Å². The molecule has 35 heavy (non-hydrogen) atoms. The number of ether oxygens (including phenoxy) is 1. The first-order valence-electron chi connectivity index (χ1n) is 11.6. The molecule has 1 amide bonds. The molecular weight excluding hydrogens is 449 g/mol. The topological polar surface area (TPSA) is 89.3 Å². The first kappa shape index (κ1) is 22.7. The molecule has 0 bridgehead atoms. The van der Waals surface area contributed by atoms with Gasteiger partial charge in [0.15, 0.2) is 23.6 Å². The first-order valence-corrected chi connectivity index (χ1v) is 11.6. The van der Waals surface area contributed by atoms with Gasteiger partial charge in [-0.05, 0) is 41.8 Å². The minimum Gasteiger partial charge on any atom is -0.484 e. The Bertz CT molecular complexity index is 1330. The zero-order chi connectivity index (χ0) is 24.4. The number of piperazine rings is 1. The lowest BCUT2D eigenvalue weighted by Crippen LogP contribution is -2.50. The number of fused-ring (bicyclic) bond motifs is 1. The van der Waals surface area contributed by atoms with Crippen LogP contribution in [0.5, 0.6) is 5.75 Å². The predicted molar refractivity (Wildman–Crippen MR) is 129 cm³/mol. The zero-order valence-corrected chi connectivity index (χ0v) is 19.6. The molecule has 0 N–H and O–H groups in total. The van der Waals surface area contributed by atoms with Gasteiger partial charge < -0.3 is 14.5 Å². The van der Waals surface area contributed by atoms with Crippen LogP contribution in [0.1, 0.15) is 25.3 Å². The summed E-state index contributed by atoms with van der Waals surface area (Å²) in [5.41, 5.74) is 2.79. The van der Waals surface area contributed by atoms with E-state index in [9.17, 15) is 9.18 Å². The average Bonchev–Trinajstić information content (AvgIpc) is 3.32. The van der Waals surface area contributed by atoms with Gasteiger partial charge in [0, 0.05) is 26.2 Å². The fourth-order valence-corrected chi connectivity index (χ4v) is 4.10. The van der Waals surface area contributed by atoms with E-state index in [2.05, 4.69) is 39.0 Å². The van der Waals surface area contributed by atoms with Crippen molar-refractivity contribution in [2.24, 2.45) is 0 Å². The minimum absolute atomic E-state index is 0.000733. The van der Waals surface area contributed by atoms with Crippen molar-refractivity contribution < 1.29 is 13.9 Å². The Morgan fingerprint density at radius 2 is 1.83 bits per heavy atom. The summed E-state index contributed by atoms with van der Waals surface area (Å²) in [6.07, 6.45) is 1.45. The van der Waals surface area contributed by atoms with E-state index >= 15 is 0 Å². The molecule has 180 valence electrons. The standard InChI is InChI=1S/C25H26FN7O2/c1-17(2)18-6-8-21(9-7-18)35-15-22(34)31-10-12-32(13-11-31)24-23-25(28-16-27-24)33(30-29-23)20-5-3-4-19(26)14-20/h3-9,14,16-17H,10-13,15H2,1-2H3. The first-order chi connectivity index (χ1) is 17.0. The molecule has 0 aliphatic carbocycles. The molecule has 0 spiro atoms. The molecule has 2 aromatic carbocycles. The summed E-state index contributed by atoms with van der Waals surface area (Å²) < 4.78 is 20.9. The van der Waals surface area contributed by atoms with Gasteiger partial charge in [0.2, 0.25) is 0 Å². The van der Waals surface area contributed by atoms with Crippen LogP contribution in [-0.2, 0) is 4.79 Å². The number of hydrogen-bond donors (Lipinski definition) is 0. The van der Waals surface area contributed by atoms with E-state index < -0.39 is 0 Å². The van der Waals surface area contributed by atoms with E-state index in [4.69, 9.17) is 4.74 Å². The van der Waals surface area contributed by atoms with Crippen molar-refractivity contribution in [1.29, 1.82) is 0 Å². The van der Waals surface area contributed by atoms with Gasteiger partial charge in [0.25, 0.3) is 5.91 Å². The van der Waals surface area contributed by atoms with Crippen LogP contribution in [0.4, 0.5) is 10.2 Å². The number of anilines is 1. The summed E-state index contributed by atoms with van der Waals surface area (Å²) in [7, 11) is 0. The molecule has 4 aromatic rings. The number of rotatable bonds is 6. The molecule has 1 aliphatic rings. The zero-order valence-electron chi connectivity index (χ0n) is 19.6. The minimum atomic E-state index is -0.363. The van der Waals surface area contributed by atoms with Gasteiger partial charge in [-0.1, -0.05) is 37.3 Å². The number of aromatic nitrogens is 5. The Labute approximate surface area is 202 Å². The highest BCUT2D eigenvalue weighted by Crippen LogP contribution is 2.24. The summed E-state index contributed by atoms with van der Waals surface area (Å²) in [6, 6.07) is 13.9. The summed E-state index contributed by atoms with van der Waals surface area (Å²) in [5.74, 6) is 1.36. The molecule has 0 unspecified atom stereocenters. The highest BCUT2D eigenvalue weighted by molar-refractivity contribution is 5.84. The third-order valence-electron chi connectivity index (χ3n) is 6.11. The van der Waals surface area contributed by atoms with Gasteiger partial charge in [0.1, 0.15) is 17.9 Å². The van der Waals surface area contributed by atoms with Crippen molar-refractivity contribution in [3.8, 4) is 11.4 Å². The molecule has 0 radical (unpaired) electrons. The van der Waals surface area contributed by atoms with Crippen molar-refractivity contribution in [2.75, 3.05) is 37.7 Å². The van der Waals surface area contributed by atoms with Crippen LogP contribution in [0.2, 0.25) is 0 Å². The maximum atomic E-state index is 13.7. The van der Waals surface area contributed by atoms with Gasteiger partial charge in [-0.3, -0.25) is 4.79 Å². The van der Waals surface area contributed by atoms with Crippen molar-refractivity contribution in [3.63, 3.8) is 0 Å². The quantitative estimate of drug-likeness (QED) is 0.423. The molecule has 1 aliphatic heterocycles. The van der Waals surface area contributed by atoms with E-state index in [1.807, 2.05) is 24.3 Å². The highest BCUT2D eigenvalue weighted by Gasteiger charge is 2.25. The van der Waals surface area contributed by atoms with Crippen LogP contribution < -0.4 is 9.64 Å². The van der Waals surface area contributed by atoms with Crippen molar-refractivity contribution >= 4 is 22.9 Å². The lowest BCUT2D eigenvalue weighted by Gasteiger charge is -2.35. The van der Waals surface area contributed by atoms with Gasteiger partial charge in [-0.15, -0.1) is 5.10 Å². The molecular formula is C25H26FN7O2. The van der Waals surface area contributed by atoms with Crippen LogP contribution in [0, 0.1) is 5.82 Å². The maximum absolute atomic E-state index is 13.7. The van der Waals surface area contributed by atoms with Crippen molar-refractivity contribution in [3.05, 3.63) is 66.2 Å². The Hall–Kier alpha value is -4.08. The fourth-order valence-electron chi connectivity index (χ4n) is 4.10. The normalized spacial score (nSPS) is 14.1. The molecule has 9 nitrogen and oxygen atoms in total. The Balaban J connectivity index is 1.22. The molecule has 2 aromatic heterocycles. The van der Waals surface area contributed by atoms with Gasteiger partial charge >= 0.3 is 0 Å². The second-order valence-electron chi connectivity index (χ2n) is 8.73. The number of nitrogens with zero attached hydrogens (tertiary/aromatic N) is 7. The van der Waals surface area contributed by atoms with Crippen LogP contribution in [0.3, 0.4) is 0 Å². The molecule has 1 fully saturated rings. The van der Waals surface area contributed by atoms with Crippen molar-refractivity contribution in [1.82, 2.24) is 29.9 Å². The van der Waals surface area contributed by atoms with Crippen LogP contribution in [0.25, 0.3) is 16.9 Å². The number of benzene rings is 2. The number of amides is 1. The van der Waals surface area contributed by atoms with Gasteiger partial charge in [0.05, 0.1) is 5.69 Å². The van der Waals surface area contributed by atoms with E-state index in [0.717, 1.165) is 0 Å². The Morgan fingerprint density at radius 1 is 1.06 bits per heavy atom. The fraction of sp³-hybridized carbons (Fsp3) is 0.320. The van der Waals surface area contributed by atoms with Gasteiger partial charge in [-0.25, -0.2) is 14.4 Å². The number of halogens is 1. The van der Waals surface area contributed by atoms with E-state index in [1.165, 1.54) is 28.7 Å². The molecule has 3 heterocycles. The van der Waals surface area contributed by atoms with Crippen LogP contribution >= 0.6 is 0 Å². The third-order valence-corrected chi connectivity index (χ3v) is 6.11. The molecule has 1 saturated heterocycles. The summed E-state index contributed by atoms with van der Waals surface area (Å²) >= 11 is 0. The van der Waals surface area contributed by atoms with Gasteiger partial charge in [-0.2, -0.15) is 4.68 Å². The summed E-state index contributed by atoms with van der Waals surface area (Å²) in [5, 5.41) is 8.42. The highest BCUT2D eigenvalue weighted by atomic mass is 19.1. The largest absolute Gasteiger partial charge is 0.484 e. The molecule has 5 rings (SSSR count). The van der Waals surface area contributed by atoms with Crippen LogP contribution in [0.15, 0.2) is 54.9 Å². The summed E-state index contributed by atoms with van der Waals surface area (Å²) in [6.45, 7) is 6.54. The predicted octanol–water partition coefficient (Wildman–Crippen LogP) is 3.20. The lowest BCUT2D eigenvalue weighted by molar-refractivity contribution is -0.133. The number of carbonyl (C=O) groups is 1. The van der Waals surface area contributed by atoms with Crippen LogP contribution in [-0.4, -0.2) is 68.6 Å². The average molecular weight is 476 g/mol. The SMILES string of the molecule is CC(C)c1ccc(OCC(=O)N2CCN(c3ncnc4c3nnn4-c3cccc(F)c3)CC2)cc1. The molecule has 0 atom stereocenters. The number of carbonyl (C=O) groups excluding carboxylic acids is 1. The number of hydrogen-bond acceptors (Lipinski definition) is 7. The molecule has 10 heteroatoms. The Kier molecular flexibility index (Phi) is 6.26. The van der Waals surface area contributed by atoms with Crippen molar-refractivity contribution in [2.45, 2.75) is 19.8 Å². The second-order valence-corrected chi connectivity index (χ2v) is 8.73. The smallest absolute Gasteiger partial charge is 0.260 e. The van der Waals surface area contributed by atoms with E-state index in [-0.39, 0.29) is 18.3 Å². The maximum Gasteiger partial charge on any atom is 0.260 e. The second kappa shape index (κ2) is 9.65. The summed E-state index contributed by atoms with van der Waals surface area (Å²) in [4.78, 5) is 25.3. The molecule has 0 saturated carbocycles. The monoisotopic (exact) mass is 475 g/mol.